The topological polar surface area (TPSA) is 52.7 Å². The minimum absolute atomic E-state index is 0. The Kier molecular flexibility index (Phi) is 7.11. The highest BCUT2D eigenvalue weighted by Crippen LogP contribution is 2.32. The van der Waals surface area contributed by atoms with Crippen LogP contribution in [0.2, 0.25) is 5.02 Å². The molecule has 0 spiro atoms. The molecule has 2 amide bonds. The van der Waals surface area contributed by atoms with Gasteiger partial charge in [-0.2, -0.15) is 0 Å². The summed E-state index contributed by atoms with van der Waals surface area (Å²) in [6, 6.07) is 7.29. The molecule has 0 radical (unpaired) electrons. The Hall–Kier alpha value is -1.30. The van der Waals surface area contributed by atoms with Gasteiger partial charge in [0.15, 0.2) is 0 Å². The highest BCUT2D eigenvalue weighted by molar-refractivity contribution is 6.33. The van der Waals surface area contributed by atoms with Gasteiger partial charge in [0, 0.05) is 26.1 Å². The number of benzene rings is 1. The van der Waals surface area contributed by atoms with Gasteiger partial charge in [0.1, 0.15) is 0 Å². The van der Waals surface area contributed by atoms with Crippen molar-refractivity contribution >= 4 is 41.5 Å². The lowest BCUT2D eigenvalue weighted by molar-refractivity contribution is -0.137. The number of nitrogens with zero attached hydrogens (tertiary/aromatic N) is 2. The van der Waals surface area contributed by atoms with E-state index in [1.807, 2.05) is 30.1 Å². The van der Waals surface area contributed by atoms with Crippen molar-refractivity contribution in [2.45, 2.75) is 19.3 Å². The fourth-order valence-corrected chi connectivity index (χ4v) is 3.92. The molecule has 1 aromatic rings. The minimum atomic E-state index is -0.255. The summed E-state index contributed by atoms with van der Waals surface area (Å²) < 4.78 is 0. The first-order valence-electron chi connectivity index (χ1n) is 8.58. The third-order valence-corrected chi connectivity index (χ3v) is 5.36. The molecular formula is C18H25Cl2N3O2. The fourth-order valence-electron chi connectivity index (χ4n) is 3.68. The predicted octanol–water partition coefficient (Wildman–Crippen LogP) is 2.57. The SMILES string of the molecule is CNCC1CCN(C(=O)C2CC(=O)N(c3ccccc3Cl)C2)CC1.Cl. The van der Waals surface area contributed by atoms with E-state index in [1.165, 1.54) is 0 Å². The maximum atomic E-state index is 12.8. The molecule has 1 atom stereocenters. The summed E-state index contributed by atoms with van der Waals surface area (Å²) in [4.78, 5) is 28.7. The summed E-state index contributed by atoms with van der Waals surface area (Å²) in [5.74, 6) is 0.478. The van der Waals surface area contributed by atoms with Gasteiger partial charge in [0.05, 0.1) is 16.6 Å². The van der Waals surface area contributed by atoms with Gasteiger partial charge in [-0.25, -0.2) is 0 Å². The number of amides is 2. The molecule has 0 aliphatic carbocycles. The number of carbonyl (C=O) groups is 2. The maximum Gasteiger partial charge on any atom is 0.228 e. The van der Waals surface area contributed by atoms with Crippen molar-refractivity contribution in [3.05, 3.63) is 29.3 Å². The first-order chi connectivity index (χ1) is 11.6. The smallest absolute Gasteiger partial charge is 0.228 e. The van der Waals surface area contributed by atoms with Crippen LogP contribution >= 0.6 is 24.0 Å². The molecule has 1 N–H and O–H groups in total. The van der Waals surface area contributed by atoms with Gasteiger partial charge in [0.2, 0.25) is 11.8 Å². The molecule has 1 unspecified atom stereocenters. The molecule has 2 aliphatic heterocycles. The lowest BCUT2D eigenvalue weighted by Crippen LogP contribution is -2.43. The molecule has 1 aromatic carbocycles. The first kappa shape index (κ1) is 20.0. The van der Waals surface area contributed by atoms with Gasteiger partial charge in [0.25, 0.3) is 0 Å². The maximum absolute atomic E-state index is 12.8. The van der Waals surface area contributed by atoms with Crippen molar-refractivity contribution in [1.82, 2.24) is 10.2 Å². The van der Waals surface area contributed by atoms with E-state index in [1.54, 1.807) is 11.0 Å². The van der Waals surface area contributed by atoms with Gasteiger partial charge in [-0.15, -0.1) is 12.4 Å². The molecule has 5 nitrogen and oxygen atoms in total. The molecule has 3 rings (SSSR count). The van der Waals surface area contributed by atoms with Crippen LogP contribution < -0.4 is 10.2 Å². The summed E-state index contributed by atoms with van der Waals surface area (Å²) in [7, 11) is 1.96. The van der Waals surface area contributed by atoms with E-state index in [0.29, 0.717) is 23.2 Å². The Balaban J connectivity index is 0.00000225. The second-order valence-corrected chi connectivity index (χ2v) is 7.09. The number of rotatable bonds is 4. The predicted molar refractivity (Wildman–Crippen MR) is 102 cm³/mol. The minimum Gasteiger partial charge on any atom is -0.342 e. The van der Waals surface area contributed by atoms with E-state index in [4.69, 9.17) is 11.6 Å². The van der Waals surface area contributed by atoms with Gasteiger partial charge >= 0.3 is 0 Å². The summed E-state index contributed by atoms with van der Waals surface area (Å²) in [5.41, 5.74) is 0.701. The van der Waals surface area contributed by atoms with E-state index < -0.39 is 0 Å². The van der Waals surface area contributed by atoms with Crippen LogP contribution in [0.1, 0.15) is 19.3 Å². The van der Waals surface area contributed by atoms with Crippen LogP contribution in [0.4, 0.5) is 5.69 Å². The van der Waals surface area contributed by atoms with Crippen molar-refractivity contribution in [3.8, 4) is 0 Å². The molecule has 0 bridgehead atoms. The third-order valence-electron chi connectivity index (χ3n) is 5.04. The second-order valence-electron chi connectivity index (χ2n) is 6.68. The summed E-state index contributed by atoms with van der Waals surface area (Å²) >= 11 is 6.20. The quantitative estimate of drug-likeness (QED) is 0.866. The van der Waals surface area contributed by atoms with Gasteiger partial charge in [-0.05, 0) is 44.5 Å². The molecule has 138 valence electrons. The van der Waals surface area contributed by atoms with Crippen LogP contribution in [0.25, 0.3) is 0 Å². The third kappa shape index (κ3) is 4.46. The Morgan fingerprint density at radius 1 is 1.28 bits per heavy atom. The van der Waals surface area contributed by atoms with E-state index >= 15 is 0 Å². The number of anilines is 1. The number of para-hydroxylation sites is 1. The van der Waals surface area contributed by atoms with Crippen molar-refractivity contribution < 1.29 is 9.59 Å². The highest BCUT2D eigenvalue weighted by atomic mass is 35.5. The van der Waals surface area contributed by atoms with Gasteiger partial charge in [-0.1, -0.05) is 23.7 Å². The average Bonchev–Trinajstić information content (AvgIpc) is 2.97. The number of carbonyl (C=O) groups excluding carboxylic acids is 2. The molecule has 2 saturated heterocycles. The number of halogens is 2. The van der Waals surface area contributed by atoms with E-state index in [9.17, 15) is 9.59 Å². The van der Waals surface area contributed by atoms with Crippen molar-refractivity contribution in [2.75, 3.05) is 38.1 Å². The summed E-state index contributed by atoms with van der Waals surface area (Å²) in [5, 5.41) is 3.75. The fraction of sp³-hybridized carbons (Fsp3) is 0.556. The van der Waals surface area contributed by atoms with Crippen LogP contribution in [-0.4, -0.2) is 49.9 Å². The number of hydrogen-bond acceptors (Lipinski definition) is 3. The molecule has 2 aliphatic rings. The number of nitrogens with one attached hydrogen (secondary N) is 1. The van der Waals surface area contributed by atoms with Crippen molar-refractivity contribution in [2.24, 2.45) is 11.8 Å². The zero-order valence-corrected chi connectivity index (χ0v) is 16.0. The highest BCUT2D eigenvalue weighted by Gasteiger charge is 2.38. The normalized spacial score (nSPS) is 21.4. The van der Waals surface area contributed by atoms with E-state index in [-0.39, 0.29) is 36.6 Å². The number of piperidine rings is 1. The molecule has 7 heteroatoms. The molecule has 25 heavy (non-hydrogen) atoms. The standard InChI is InChI=1S/C18H24ClN3O2.ClH/c1-20-11-13-6-8-21(9-7-13)18(24)14-10-17(23)22(12-14)16-5-3-2-4-15(16)19;/h2-5,13-14,20H,6-12H2,1H3;1H. The van der Waals surface area contributed by atoms with Crippen LogP contribution in [0.3, 0.4) is 0 Å². The Morgan fingerprint density at radius 3 is 2.60 bits per heavy atom. The number of likely N-dealkylation sites (tertiary alicyclic amines) is 1. The van der Waals surface area contributed by atoms with Crippen molar-refractivity contribution in [1.29, 1.82) is 0 Å². The molecule has 2 fully saturated rings. The Morgan fingerprint density at radius 2 is 1.96 bits per heavy atom. The van der Waals surface area contributed by atoms with Crippen LogP contribution in [0.15, 0.2) is 24.3 Å². The van der Waals surface area contributed by atoms with Crippen LogP contribution in [0.5, 0.6) is 0 Å². The summed E-state index contributed by atoms with van der Waals surface area (Å²) in [6.45, 7) is 3.02. The van der Waals surface area contributed by atoms with Gasteiger partial charge < -0.3 is 15.1 Å². The van der Waals surface area contributed by atoms with E-state index in [0.717, 1.165) is 32.5 Å². The van der Waals surface area contributed by atoms with Gasteiger partial charge in [-0.3, -0.25) is 9.59 Å². The zero-order valence-electron chi connectivity index (χ0n) is 14.4. The molecule has 2 heterocycles. The second kappa shape index (κ2) is 8.88. The van der Waals surface area contributed by atoms with Crippen LogP contribution in [0, 0.1) is 11.8 Å². The molecular weight excluding hydrogens is 361 g/mol. The lowest BCUT2D eigenvalue weighted by Gasteiger charge is -2.33. The number of hydrogen-bond donors (Lipinski definition) is 1. The first-order valence-corrected chi connectivity index (χ1v) is 8.96. The van der Waals surface area contributed by atoms with Crippen molar-refractivity contribution in [3.63, 3.8) is 0 Å². The zero-order chi connectivity index (χ0) is 17.1. The van der Waals surface area contributed by atoms with Crippen LogP contribution in [-0.2, 0) is 9.59 Å². The lowest BCUT2D eigenvalue weighted by atomic mass is 9.95. The molecule has 0 aromatic heterocycles. The monoisotopic (exact) mass is 385 g/mol. The largest absolute Gasteiger partial charge is 0.342 e. The van der Waals surface area contributed by atoms with E-state index in [2.05, 4.69) is 5.32 Å². The Labute approximate surface area is 160 Å². The average molecular weight is 386 g/mol. The summed E-state index contributed by atoms with van der Waals surface area (Å²) in [6.07, 6.45) is 2.34. The Bertz CT molecular complexity index is 618. The molecule has 0 saturated carbocycles.